The van der Waals surface area contributed by atoms with Crippen molar-refractivity contribution in [3.8, 4) is 5.69 Å². The molecule has 1 aliphatic rings. The van der Waals surface area contributed by atoms with E-state index in [2.05, 4.69) is 23.7 Å². The third-order valence-corrected chi connectivity index (χ3v) is 7.93. The highest BCUT2D eigenvalue weighted by Crippen LogP contribution is 2.38. The molecule has 1 aliphatic heterocycles. The molecule has 1 fully saturated rings. The summed E-state index contributed by atoms with van der Waals surface area (Å²) in [5.74, 6) is 1.45. The van der Waals surface area contributed by atoms with Crippen molar-refractivity contribution in [1.29, 1.82) is 0 Å². The second-order valence-electron chi connectivity index (χ2n) is 8.50. The Morgan fingerprint density at radius 3 is 2.48 bits per heavy atom. The zero-order valence-corrected chi connectivity index (χ0v) is 20.0. The first-order valence-corrected chi connectivity index (χ1v) is 12.2. The molecule has 4 rings (SSSR count). The SMILES string of the molecule is CC(C)(c1ccc(Cl)c(Cl)c1)c1cnc(SCC2CCNCC2)n1-c1ccc(F)cc1. The van der Waals surface area contributed by atoms with E-state index in [4.69, 9.17) is 28.2 Å². The first-order chi connectivity index (χ1) is 14.9. The number of nitrogens with one attached hydrogen (secondary N) is 1. The summed E-state index contributed by atoms with van der Waals surface area (Å²) in [4.78, 5) is 4.79. The summed E-state index contributed by atoms with van der Waals surface area (Å²) in [6.07, 6.45) is 4.30. The van der Waals surface area contributed by atoms with Gasteiger partial charge < -0.3 is 5.32 Å². The Morgan fingerprint density at radius 1 is 1.10 bits per heavy atom. The highest BCUT2D eigenvalue weighted by Gasteiger charge is 2.30. The number of piperidine rings is 1. The van der Waals surface area contributed by atoms with Crippen LogP contribution in [0.1, 0.15) is 37.9 Å². The Morgan fingerprint density at radius 2 is 1.81 bits per heavy atom. The minimum Gasteiger partial charge on any atom is -0.317 e. The molecular weight excluding hydrogens is 452 g/mol. The molecule has 0 atom stereocenters. The lowest BCUT2D eigenvalue weighted by molar-refractivity contribution is 0.407. The molecule has 7 heteroatoms. The maximum atomic E-state index is 13.6. The molecule has 1 aromatic heterocycles. The second kappa shape index (κ2) is 9.53. The van der Waals surface area contributed by atoms with Crippen molar-refractivity contribution in [2.75, 3.05) is 18.8 Å². The van der Waals surface area contributed by atoms with Crippen molar-refractivity contribution in [3.05, 3.63) is 75.8 Å². The van der Waals surface area contributed by atoms with Gasteiger partial charge in [0, 0.05) is 16.9 Å². The minimum atomic E-state index is -0.386. The van der Waals surface area contributed by atoms with Crippen molar-refractivity contribution < 1.29 is 4.39 Å². The van der Waals surface area contributed by atoms with Crippen molar-refractivity contribution in [1.82, 2.24) is 14.9 Å². The van der Waals surface area contributed by atoms with Gasteiger partial charge >= 0.3 is 0 Å². The molecule has 0 spiro atoms. The van der Waals surface area contributed by atoms with Crippen molar-refractivity contribution in [2.24, 2.45) is 5.92 Å². The monoisotopic (exact) mass is 477 g/mol. The number of aromatic nitrogens is 2. The lowest BCUT2D eigenvalue weighted by atomic mass is 9.81. The van der Waals surface area contributed by atoms with E-state index in [1.54, 1.807) is 23.9 Å². The highest BCUT2D eigenvalue weighted by atomic mass is 35.5. The molecule has 2 aromatic carbocycles. The number of halogens is 3. The second-order valence-corrected chi connectivity index (χ2v) is 10.3. The van der Waals surface area contributed by atoms with Gasteiger partial charge in [-0.15, -0.1) is 0 Å². The number of hydrogen-bond donors (Lipinski definition) is 1. The standard InChI is InChI=1S/C24H26Cl2FN3S/c1-24(2,17-3-8-20(25)21(26)13-17)22-14-29-23(31-15-16-9-11-28-12-10-16)30(22)19-6-4-18(27)5-7-19/h3-8,13-14,16,28H,9-12,15H2,1-2H3. The topological polar surface area (TPSA) is 29.9 Å². The van der Waals surface area contributed by atoms with Crippen LogP contribution in [-0.4, -0.2) is 28.4 Å². The van der Waals surface area contributed by atoms with Crippen LogP contribution in [-0.2, 0) is 5.41 Å². The van der Waals surface area contributed by atoms with Gasteiger partial charge in [-0.1, -0.05) is 54.9 Å². The number of thioether (sulfide) groups is 1. The highest BCUT2D eigenvalue weighted by molar-refractivity contribution is 7.99. The zero-order chi connectivity index (χ0) is 22.0. The zero-order valence-electron chi connectivity index (χ0n) is 17.7. The molecule has 31 heavy (non-hydrogen) atoms. The fourth-order valence-corrected chi connectivity index (χ4v) is 5.47. The van der Waals surface area contributed by atoms with E-state index in [0.29, 0.717) is 16.0 Å². The average Bonchev–Trinajstić information content (AvgIpc) is 3.20. The average molecular weight is 478 g/mol. The summed E-state index contributed by atoms with van der Waals surface area (Å²) in [6, 6.07) is 12.3. The number of hydrogen-bond acceptors (Lipinski definition) is 3. The Labute approximate surface area is 197 Å². The number of rotatable bonds is 6. The van der Waals surface area contributed by atoms with Crippen LogP contribution >= 0.6 is 35.0 Å². The van der Waals surface area contributed by atoms with Crippen LogP contribution in [0.2, 0.25) is 10.0 Å². The smallest absolute Gasteiger partial charge is 0.172 e. The van der Waals surface area contributed by atoms with Crippen LogP contribution in [0.5, 0.6) is 0 Å². The van der Waals surface area contributed by atoms with Gasteiger partial charge in [0.25, 0.3) is 0 Å². The fourth-order valence-electron chi connectivity index (χ4n) is 3.99. The third-order valence-electron chi connectivity index (χ3n) is 6.00. The van der Waals surface area contributed by atoms with Gasteiger partial charge in [0.15, 0.2) is 5.16 Å². The molecule has 0 aliphatic carbocycles. The molecular formula is C24H26Cl2FN3S. The van der Waals surface area contributed by atoms with Crippen molar-refractivity contribution in [2.45, 2.75) is 37.3 Å². The molecule has 0 bridgehead atoms. The Balaban J connectivity index is 1.73. The lowest BCUT2D eigenvalue weighted by Crippen LogP contribution is -2.28. The van der Waals surface area contributed by atoms with E-state index in [9.17, 15) is 4.39 Å². The van der Waals surface area contributed by atoms with Crippen LogP contribution < -0.4 is 5.32 Å². The van der Waals surface area contributed by atoms with Crippen LogP contribution in [0.25, 0.3) is 5.69 Å². The van der Waals surface area contributed by atoms with E-state index in [1.807, 2.05) is 24.4 Å². The van der Waals surface area contributed by atoms with Gasteiger partial charge in [-0.3, -0.25) is 4.57 Å². The van der Waals surface area contributed by atoms with Crippen LogP contribution in [0.4, 0.5) is 4.39 Å². The van der Waals surface area contributed by atoms with E-state index in [0.717, 1.165) is 40.9 Å². The summed E-state index contributed by atoms with van der Waals surface area (Å²) in [5, 5.41) is 5.41. The van der Waals surface area contributed by atoms with Crippen molar-refractivity contribution in [3.63, 3.8) is 0 Å². The first kappa shape index (κ1) is 22.7. The molecule has 3 nitrogen and oxygen atoms in total. The molecule has 164 valence electrons. The van der Waals surface area contributed by atoms with Gasteiger partial charge in [0.1, 0.15) is 5.82 Å². The largest absolute Gasteiger partial charge is 0.317 e. The summed E-state index contributed by atoms with van der Waals surface area (Å²) in [5.41, 5.74) is 2.57. The Kier molecular flexibility index (Phi) is 6.97. The molecule has 3 aromatic rings. The summed E-state index contributed by atoms with van der Waals surface area (Å²) < 4.78 is 15.8. The quantitative estimate of drug-likeness (QED) is 0.398. The maximum Gasteiger partial charge on any atom is 0.172 e. The van der Waals surface area contributed by atoms with Crippen molar-refractivity contribution >= 4 is 35.0 Å². The van der Waals surface area contributed by atoms with Crippen LogP contribution in [0.3, 0.4) is 0 Å². The fraction of sp³-hybridized carbons (Fsp3) is 0.375. The molecule has 1 N–H and O–H groups in total. The maximum absolute atomic E-state index is 13.6. The van der Waals surface area contributed by atoms with E-state index < -0.39 is 0 Å². The molecule has 0 radical (unpaired) electrons. The van der Waals surface area contributed by atoms with Crippen LogP contribution in [0, 0.1) is 11.7 Å². The third kappa shape index (κ3) is 4.95. The number of benzene rings is 2. The first-order valence-electron chi connectivity index (χ1n) is 10.5. The molecule has 1 saturated heterocycles. The van der Waals surface area contributed by atoms with Gasteiger partial charge in [-0.25, -0.2) is 9.37 Å². The minimum absolute atomic E-state index is 0.252. The molecule has 0 unspecified atom stereocenters. The van der Waals surface area contributed by atoms with Crippen LogP contribution in [0.15, 0.2) is 53.8 Å². The van der Waals surface area contributed by atoms with Gasteiger partial charge in [0.2, 0.25) is 0 Å². The van der Waals surface area contributed by atoms with Gasteiger partial charge in [0.05, 0.1) is 21.9 Å². The summed E-state index contributed by atoms with van der Waals surface area (Å²) in [7, 11) is 0. The predicted octanol–water partition coefficient (Wildman–Crippen LogP) is 6.74. The van der Waals surface area contributed by atoms with Gasteiger partial charge in [-0.05, 0) is 73.8 Å². The van der Waals surface area contributed by atoms with Gasteiger partial charge in [-0.2, -0.15) is 0 Å². The number of imidazole rings is 1. The number of nitrogens with zero attached hydrogens (tertiary/aromatic N) is 2. The summed E-state index contributed by atoms with van der Waals surface area (Å²) in [6.45, 7) is 6.44. The normalized spacial score (nSPS) is 15.4. The van der Waals surface area contributed by atoms with E-state index in [-0.39, 0.29) is 11.2 Å². The lowest BCUT2D eigenvalue weighted by Gasteiger charge is -2.28. The van der Waals surface area contributed by atoms with E-state index in [1.165, 1.54) is 25.0 Å². The Bertz CT molecular complexity index is 1040. The summed E-state index contributed by atoms with van der Waals surface area (Å²) >= 11 is 14.2. The molecule has 2 heterocycles. The van der Waals surface area contributed by atoms with E-state index >= 15 is 0 Å². The predicted molar refractivity (Wildman–Crippen MR) is 128 cm³/mol. The molecule has 0 amide bonds. The Hall–Kier alpha value is -1.53. The molecule has 0 saturated carbocycles.